The molecule has 1 aliphatic heterocycles. The van der Waals surface area contributed by atoms with E-state index in [2.05, 4.69) is 20.0 Å². The number of hydrogen-bond donors (Lipinski definition) is 2. The summed E-state index contributed by atoms with van der Waals surface area (Å²) in [5.41, 5.74) is 0. The third-order valence-corrected chi connectivity index (χ3v) is 10.4. The maximum Gasteiger partial charge on any atom is 0.265 e. The van der Waals surface area contributed by atoms with E-state index in [1.807, 2.05) is 6.92 Å². The molecule has 10 nitrogen and oxygen atoms in total. The monoisotopic (exact) mass is 617 g/mol. The number of benzene rings is 2. The van der Waals surface area contributed by atoms with Gasteiger partial charge in [-0.25, -0.2) is 26.5 Å². The molecule has 3 aromatic rings. The van der Waals surface area contributed by atoms with Crippen molar-refractivity contribution in [2.45, 2.75) is 32.9 Å². The van der Waals surface area contributed by atoms with Gasteiger partial charge in [0.15, 0.2) is 0 Å². The number of sulfonamides is 2. The minimum Gasteiger partial charge on any atom is -0.379 e. The van der Waals surface area contributed by atoms with Crippen LogP contribution in [0.5, 0.6) is 0 Å². The van der Waals surface area contributed by atoms with Gasteiger partial charge in [0.25, 0.3) is 10.0 Å². The molecule has 0 saturated carbocycles. The van der Waals surface area contributed by atoms with E-state index in [-0.39, 0.29) is 20.8 Å². The van der Waals surface area contributed by atoms with E-state index < -0.39 is 20.0 Å². The van der Waals surface area contributed by atoms with Gasteiger partial charge in [-0.3, -0.25) is 0 Å². The second-order valence-electron chi connectivity index (χ2n) is 8.10. The van der Waals surface area contributed by atoms with Gasteiger partial charge < -0.3 is 10.1 Å². The number of rotatable bonds is 10. The molecule has 0 atom stereocenters. The molecule has 0 unspecified atom stereocenters. The molecular weight excluding hydrogens is 593 g/mol. The molecule has 38 heavy (non-hydrogen) atoms. The van der Waals surface area contributed by atoms with Crippen LogP contribution in [0.4, 0.5) is 11.8 Å². The molecule has 4 rings (SSSR count). The fourth-order valence-corrected chi connectivity index (χ4v) is 7.45. The van der Waals surface area contributed by atoms with Crippen LogP contribution < -0.4 is 10.0 Å². The third kappa shape index (κ3) is 6.89. The maximum absolute atomic E-state index is 12.9. The fourth-order valence-electron chi connectivity index (χ4n) is 3.48. The molecule has 2 N–H and O–H groups in total. The molecule has 0 bridgehead atoms. The smallest absolute Gasteiger partial charge is 0.265 e. The Morgan fingerprint density at radius 3 is 2.42 bits per heavy atom. The second kappa shape index (κ2) is 12.4. The quantitative estimate of drug-likeness (QED) is 0.335. The summed E-state index contributed by atoms with van der Waals surface area (Å²) in [4.78, 5) is 9.98. The van der Waals surface area contributed by atoms with Crippen molar-refractivity contribution in [1.82, 2.24) is 14.3 Å². The Morgan fingerprint density at radius 2 is 1.76 bits per heavy atom. The average molecular weight is 619 g/mol. The molecule has 2 aromatic carbocycles. The zero-order valence-electron chi connectivity index (χ0n) is 20.2. The van der Waals surface area contributed by atoms with Gasteiger partial charge in [-0.15, -0.1) is 0 Å². The topological polar surface area (TPSA) is 131 Å². The minimum atomic E-state index is -4.07. The lowest BCUT2D eigenvalue weighted by atomic mass is 10.4. The summed E-state index contributed by atoms with van der Waals surface area (Å²) in [6.07, 6.45) is 2.30. The van der Waals surface area contributed by atoms with E-state index >= 15 is 0 Å². The van der Waals surface area contributed by atoms with Crippen LogP contribution in [0.1, 0.15) is 13.3 Å². The summed E-state index contributed by atoms with van der Waals surface area (Å²) in [5.74, 6) is 0.294. The predicted octanol–water partition coefficient (Wildman–Crippen LogP) is 4.58. The SMILES string of the molecule is CCCNc1nc(NS(=O)(=O)c2ccc(Cl)cc2Cl)ncc1Sc1ccc(S(=O)(=O)N2CCOCC2)cc1. The predicted molar refractivity (Wildman–Crippen MR) is 148 cm³/mol. The highest BCUT2D eigenvalue weighted by Crippen LogP contribution is 2.34. The highest BCUT2D eigenvalue weighted by molar-refractivity contribution is 7.99. The molecule has 0 aliphatic carbocycles. The molecule has 1 aromatic heterocycles. The Bertz CT molecular complexity index is 1500. The van der Waals surface area contributed by atoms with Gasteiger partial charge in [-0.1, -0.05) is 41.9 Å². The van der Waals surface area contributed by atoms with Crippen LogP contribution >= 0.6 is 35.0 Å². The highest BCUT2D eigenvalue weighted by Gasteiger charge is 2.26. The van der Waals surface area contributed by atoms with Crippen molar-refractivity contribution in [3.63, 3.8) is 0 Å². The number of morpholine rings is 1. The molecule has 2 heterocycles. The Labute approximate surface area is 236 Å². The summed E-state index contributed by atoms with van der Waals surface area (Å²) in [6.45, 7) is 3.97. The number of nitrogens with zero attached hydrogens (tertiary/aromatic N) is 3. The van der Waals surface area contributed by atoms with Crippen LogP contribution in [-0.2, 0) is 24.8 Å². The number of nitrogens with one attached hydrogen (secondary N) is 2. The minimum absolute atomic E-state index is 0.0272. The van der Waals surface area contributed by atoms with E-state index in [0.717, 1.165) is 11.3 Å². The Morgan fingerprint density at radius 1 is 1.05 bits per heavy atom. The van der Waals surface area contributed by atoms with Gasteiger partial charge in [0.2, 0.25) is 16.0 Å². The van der Waals surface area contributed by atoms with Crippen molar-refractivity contribution < 1.29 is 21.6 Å². The van der Waals surface area contributed by atoms with Crippen molar-refractivity contribution in [3.8, 4) is 0 Å². The van der Waals surface area contributed by atoms with Gasteiger partial charge in [0.1, 0.15) is 10.7 Å². The largest absolute Gasteiger partial charge is 0.379 e. The first-order valence-corrected chi connectivity index (χ1v) is 16.0. The van der Waals surface area contributed by atoms with Crippen LogP contribution in [0.2, 0.25) is 10.0 Å². The molecule has 0 spiro atoms. The zero-order chi connectivity index (χ0) is 27.3. The van der Waals surface area contributed by atoms with E-state index in [1.54, 1.807) is 24.3 Å². The molecule has 0 radical (unpaired) electrons. The number of anilines is 2. The zero-order valence-corrected chi connectivity index (χ0v) is 24.2. The first-order valence-electron chi connectivity index (χ1n) is 11.5. The highest BCUT2D eigenvalue weighted by atomic mass is 35.5. The standard InChI is InChI=1S/C23H25Cl2N5O5S3/c1-2-9-26-22-20(15-27-23(28-22)29-37(31,32)21-8-3-16(24)14-19(21)25)36-17-4-6-18(7-5-17)38(33,34)30-10-12-35-13-11-30/h3-8,14-15H,2,9-13H2,1H3,(H2,26,27,28,29). The van der Waals surface area contributed by atoms with E-state index in [0.29, 0.717) is 48.6 Å². The normalized spacial score (nSPS) is 14.8. The average Bonchev–Trinajstić information content (AvgIpc) is 2.89. The van der Waals surface area contributed by atoms with E-state index in [4.69, 9.17) is 27.9 Å². The van der Waals surface area contributed by atoms with Crippen LogP contribution in [0.15, 0.2) is 68.2 Å². The van der Waals surface area contributed by atoms with Crippen molar-refractivity contribution in [1.29, 1.82) is 0 Å². The lowest BCUT2D eigenvalue weighted by molar-refractivity contribution is 0.0730. The molecule has 204 valence electrons. The lowest BCUT2D eigenvalue weighted by Crippen LogP contribution is -2.40. The summed E-state index contributed by atoms with van der Waals surface area (Å²) >= 11 is 13.3. The van der Waals surface area contributed by atoms with Crippen LogP contribution in [-0.4, -0.2) is 64.0 Å². The molecule has 1 fully saturated rings. The Kier molecular flexibility index (Phi) is 9.40. The molecule has 15 heteroatoms. The molecule has 1 saturated heterocycles. The van der Waals surface area contributed by atoms with Gasteiger partial charge in [-0.05, 0) is 48.9 Å². The van der Waals surface area contributed by atoms with Crippen molar-refractivity contribution in [3.05, 3.63) is 58.7 Å². The molecular formula is C23H25Cl2N5O5S3. The van der Waals surface area contributed by atoms with Gasteiger partial charge in [0.05, 0.1) is 28.0 Å². The summed E-state index contributed by atoms with van der Waals surface area (Å²) in [7, 11) is -7.66. The fraction of sp³-hybridized carbons (Fsp3) is 0.304. The number of ether oxygens (including phenoxy) is 1. The second-order valence-corrected chi connectivity index (χ2v) is 13.7. The first kappa shape index (κ1) is 28.9. The lowest BCUT2D eigenvalue weighted by Gasteiger charge is -2.26. The number of hydrogen-bond acceptors (Lipinski definition) is 9. The van der Waals surface area contributed by atoms with Crippen molar-refractivity contribution in [2.75, 3.05) is 42.9 Å². The van der Waals surface area contributed by atoms with Gasteiger partial charge >= 0.3 is 0 Å². The van der Waals surface area contributed by atoms with Gasteiger partial charge in [-0.2, -0.15) is 9.29 Å². The first-order chi connectivity index (χ1) is 18.1. The summed E-state index contributed by atoms with van der Waals surface area (Å²) in [6, 6.07) is 10.6. The summed E-state index contributed by atoms with van der Waals surface area (Å²) < 4.78 is 60.5. The Balaban J connectivity index is 1.54. The van der Waals surface area contributed by atoms with E-state index in [1.165, 1.54) is 40.5 Å². The van der Waals surface area contributed by atoms with Gasteiger partial charge in [0, 0.05) is 35.7 Å². The molecule has 1 aliphatic rings. The van der Waals surface area contributed by atoms with E-state index in [9.17, 15) is 16.8 Å². The number of halogens is 2. The van der Waals surface area contributed by atoms with Crippen LogP contribution in [0.3, 0.4) is 0 Å². The van der Waals surface area contributed by atoms with Crippen LogP contribution in [0.25, 0.3) is 0 Å². The number of aromatic nitrogens is 2. The van der Waals surface area contributed by atoms with Crippen LogP contribution in [0, 0.1) is 0 Å². The maximum atomic E-state index is 12.9. The molecule has 0 amide bonds. The summed E-state index contributed by atoms with van der Waals surface area (Å²) in [5, 5.41) is 3.46. The third-order valence-electron chi connectivity index (χ3n) is 5.37. The van der Waals surface area contributed by atoms with Crippen molar-refractivity contribution >= 4 is 66.8 Å². The Hall–Kier alpha value is -2.13. The van der Waals surface area contributed by atoms with Crippen molar-refractivity contribution in [2.24, 2.45) is 0 Å².